The predicted octanol–water partition coefficient (Wildman–Crippen LogP) is 0.920. The van der Waals surface area contributed by atoms with Gasteiger partial charge in [0.05, 0.1) is 10.6 Å². The van der Waals surface area contributed by atoms with Crippen molar-refractivity contribution in [1.82, 2.24) is 24.9 Å². The van der Waals surface area contributed by atoms with Crippen molar-refractivity contribution in [3.63, 3.8) is 0 Å². The lowest BCUT2D eigenvalue weighted by Crippen LogP contribution is -2.30. The van der Waals surface area contributed by atoms with Gasteiger partial charge in [-0.2, -0.15) is 0 Å². The van der Waals surface area contributed by atoms with E-state index < -0.39 is 21.7 Å². The van der Waals surface area contributed by atoms with Gasteiger partial charge < -0.3 is 0 Å². The molecule has 0 aliphatic heterocycles. The Labute approximate surface area is 136 Å². The molecule has 3 aromatic rings. The highest BCUT2D eigenvalue weighted by molar-refractivity contribution is 7.90. The number of nitrogens with zero attached hydrogens (tertiary/aromatic N) is 4. The molecule has 1 heterocycles. The molecule has 1 amide bonds. The summed E-state index contributed by atoms with van der Waals surface area (Å²) >= 11 is 0. The van der Waals surface area contributed by atoms with E-state index >= 15 is 0 Å². The molecule has 8 nitrogen and oxygen atoms in total. The Hall–Kier alpha value is -3.14. The van der Waals surface area contributed by atoms with Crippen LogP contribution in [0.4, 0.5) is 4.39 Å². The molecule has 0 fully saturated rings. The van der Waals surface area contributed by atoms with Gasteiger partial charge in [-0.1, -0.05) is 6.07 Å². The maximum Gasteiger partial charge on any atom is 0.265 e. The molecule has 0 bridgehead atoms. The van der Waals surface area contributed by atoms with Gasteiger partial charge in [-0.05, 0) is 52.9 Å². The second-order valence-electron chi connectivity index (χ2n) is 4.69. The van der Waals surface area contributed by atoms with E-state index in [1.165, 1.54) is 41.3 Å². The number of carbonyl (C=O) groups excluding carboxylic acids is 1. The number of amides is 1. The summed E-state index contributed by atoms with van der Waals surface area (Å²) in [5.41, 5.74) is 0.439. The number of carbonyl (C=O) groups is 1. The smallest absolute Gasteiger partial charge is 0.265 e. The zero-order valence-electron chi connectivity index (χ0n) is 12.0. The van der Waals surface area contributed by atoms with Crippen molar-refractivity contribution in [2.45, 2.75) is 4.90 Å². The number of sulfonamides is 1. The Bertz CT molecular complexity index is 972. The van der Waals surface area contributed by atoms with Gasteiger partial charge >= 0.3 is 0 Å². The van der Waals surface area contributed by atoms with E-state index in [0.29, 0.717) is 5.69 Å². The van der Waals surface area contributed by atoms with E-state index in [2.05, 4.69) is 15.5 Å². The number of benzene rings is 2. The lowest BCUT2D eigenvalue weighted by Gasteiger charge is -2.08. The highest BCUT2D eigenvalue weighted by atomic mass is 32.2. The number of tetrazole rings is 1. The highest BCUT2D eigenvalue weighted by Crippen LogP contribution is 2.14. The Morgan fingerprint density at radius 3 is 2.54 bits per heavy atom. The molecule has 1 N–H and O–H groups in total. The second-order valence-corrected chi connectivity index (χ2v) is 6.38. The van der Waals surface area contributed by atoms with Crippen molar-refractivity contribution in [2.75, 3.05) is 0 Å². The largest absolute Gasteiger partial charge is 0.268 e. The van der Waals surface area contributed by atoms with Crippen LogP contribution in [0, 0.1) is 5.82 Å². The van der Waals surface area contributed by atoms with Crippen LogP contribution in [-0.4, -0.2) is 34.5 Å². The molecule has 122 valence electrons. The Kier molecular flexibility index (Phi) is 4.04. The SMILES string of the molecule is O=C(NS(=O)(=O)c1cccc(-n2cnnn2)c1)c1ccc(F)cc1. The summed E-state index contributed by atoms with van der Waals surface area (Å²) in [6, 6.07) is 10.3. The van der Waals surface area contributed by atoms with Crippen LogP contribution in [0.1, 0.15) is 10.4 Å². The summed E-state index contributed by atoms with van der Waals surface area (Å²) in [4.78, 5) is 11.9. The first kappa shape index (κ1) is 15.7. The molecular formula is C14H10FN5O3S. The molecule has 10 heteroatoms. The van der Waals surface area contributed by atoms with Crippen molar-refractivity contribution >= 4 is 15.9 Å². The standard InChI is InChI=1S/C14H10FN5O3S/c15-11-6-4-10(5-7-11)14(21)17-24(22,23)13-3-1-2-12(8-13)20-9-16-18-19-20/h1-9H,(H,17,21). The topological polar surface area (TPSA) is 107 Å². The van der Waals surface area contributed by atoms with E-state index in [-0.39, 0.29) is 10.5 Å². The minimum Gasteiger partial charge on any atom is -0.268 e. The maximum absolute atomic E-state index is 12.9. The number of rotatable bonds is 4. The predicted molar refractivity (Wildman–Crippen MR) is 80.2 cm³/mol. The molecular weight excluding hydrogens is 337 g/mol. The maximum atomic E-state index is 12.9. The third-order valence-electron chi connectivity index (χ3n) is 3.07. The number of hydrogen-bond acceptors (Lipinski definition) is 6. The quantitative estimate of drug-likeness (QED) is 0.752. The van der Waals surface area contributed by atoms with Crippen LogP contribution >= 0.6 is 0 Å². The number of nitrogens with one attached hydrogen (secondary N) is 1. The van der Waals surface area contributed by atoms with Gasteiger partial charge in [-0.3, -0.25) is 4.79 Å². The summed E-state index contributed by atoms with van der Waals surface area (Å²) in [5.74, 6) is -1.38. The zero-order chi connectivity index (χ0) is 17.2. The molecule has 3 rings (SSSR count). The van der Waals surface area contributed by atoms with Crippen LogP contribution < -0.4 is 4.72 Å². The molecule has 0 aliphatic rings. The average molecular weight is 347 g/mol. The molecule has 0 saturated carbocycles. The normalized spacial score (nSPS) is 11.2. The van der Waals surface area contributed by atoms with E-state index in [9.17, 15) is 17.6 Å². The highest BCUT2D eigenvalue weighted by Gasteiger charge is 2.19. The zero-order valence-corrected chi connectivity index (χ0v) is 12.8. The minimum atomic E-state index is -4.11. The van der Waals surface area contributed by atoms with Gasteiger partial charge in [0.1, 0.15) is 12.1 Å². The molecule has 0 aliphatic carbocycles. The van der Waals surface area contributed by atoms with Crippen LogP contribution in [0.15, 0.2) is 59.8 Å². The van der Waals surface area contributed by atoms with Gasteiger partial charge in [0.15, 0.2) is 0 Å². The molecule has 0 spiro atoms. The van der Waals surface area contributed by atoms with Crippen molar-refractivity contribution in [1.29, 1.82) is 0 Å². The fourth-order valence-electron chi connectivity index (χ4n) is 1.91. The minimum absolute atomic E-state index is 0.0246. The Balaban J connectivity index is 1.87. The van der Waals surface area contributed by atoms with Crippen LogP contribution in [-0.2, 0) is 10.0 Å². The molecule has 2 aromatic carbocycles. The first-order valence-corrected chi connectivity index (χ1v) is 8.10. The van der Waals surface area contributed by atoms with Crippen molar-refractivity contribution in [2.24, 2.45) is 0 Å². The molecule has 0 saturated heterocycles. The molecule has 0 unspecified atom stereocenters. The number of aromatic nitrogens is 4. The van der Waals surface area contributed by atoms with Gasteiger partial charge in [-0.25, -0.2) is 22.2 Å². The lowest BCUT2D eigenvalue weighted by atomic mass is 10.2. The van der Waals surface area contributed by atoms with Gasteiger partial charge in [-0.15, -0.1) is 5.10 Å². The van der Waals surface area contributed by atoms with E-state index in [0.717, 1.165) is 12.1 Å². The Morgan fingerprint density at radius 2 is 1.88 bits per heavy atom. The summed E-state index contributed by atoms with van der Waals surface area (Å²) < 4.78 is 40.7. The fourth-order valence-corrected chi connectivity index (χ4v) is 2.93. The van der Waals surface area contributed by atoms with E-state index in [4.69, 9.17) is 0 Å². The fraction of sp³-hybridized carbons (Fsp3) is 0. The second kappa shape index (κ2) is 6.16. The van der Waals surface area contributed by atoms with Crippen LogP contribution in [0.2, 0.25) is 0 Å². The lowest BCUT2D eigenvalue weighted by molar-refractivity contribution is 0.0981. The molecule has 1 aromatic heterocycles. The van der Waals surface area contributed by atoms with Gasteiger partial charge in [0.2, 0.25) is 0 Å². The monoisotopic (exact) mass is 347 g/mol. The van der Waals surface area contributed by atoms with Gasteiger partial charge in [0.25, 0.3) is 15.9 Å². The third-order valence-corrected chi connectivity index (χ3v) is 4.40. The third kappa shape index (κ3) is 3.27. The average Bonchev–Trinajstić information content (AvgIpc) is 3.10. The molecule has 0 radical (unpaired) electrons. The number of hydrogen-bond donors (Lipinski definition) is 1. The van der Waals surface area contributed by atoms with Crippen LogP contribution in [0.25, 0.3) is 5.69 Å². The van der Waals surface area contributed by atoms with Crippen molar-refractivity contribution in [3.8, 4) is 5.69 Å². The van der Waals surface area contributed by atoms with E-state index in [1.54, 1.807) is 6.07 Å². The summed E-state index contributed by atoms with van der Waals surface area (Å²) in [6.07, 6.45) is 1.31. The van der Waals surface area contributed by atoms with Crippen LogP contribution in [0.5, 0.6) is 0 Å². The summed E-state index contributed by atoms with van der Waals surface area (Å²) in [5, 5.41) is 10.6. The van der Waals surface area contributed by atoms with Crippen LogP contribution in [0.3, 0.4) is 0 Å². The van der Waals surface area contributed by atoms with Gasteiger partial charge in [0, 0.05) is 5.56 Å². The van der Waals surface area contributed by atoms with E-state index in [1.807, 2.05) is 4.72 Å². The summed E-state index contributed by atoms with van der Waals surface area (Å²) in [7, 11) is -4.11. The first-order valence-electron chi connectivity index (χ1n) is 6.62. The summed E-state index contributed by atoms with van der Waals surface area (Å²) in [6.45, 7) is 0. The number of halogens is 1. The molecule has 0 atom stereocenters. The molecule has 24 heavy (non-hydrogen) atoms. The first-order chi connectivity index (χ1) is 11.5. The Morgan fingerprint density at radius 1 is 1.12 bits per heavy atom. The van der Waals surface area contributed by atoms with Crippen molar-refractivity contribution < 1.29 is 17.6 Å². The van der Waals surface area contributed by atoms with Crippen molar-refractivity contribution in [3.05, 3.63) is 66.2 Å².